The molecule has 0 unspecified atom stereocenters. The van der Waals surface area contributed by atoms with Crippen LogP contribution in [-0.2, 0) is 4.74 Å². The lowest BCUT2D eigenvalue weighted by atomic mass is 10.5. The van der Waals surface area contributed by atoms with Crippen molar-refractivity contribution in [2.45, 2.75) is 6.42 Å². The molecule has 0 radical (unpaired) electrons. The average Bonchev–Trinajstić information content (AvgIpc) is 1.88. The van der Waals surface area contributed by atoms with Crippen molar-refractivity contribution in [1.29, 1.82) is 0 Å². The van der Waals surface area contributed by atoms with Gasteiger partial charge in [-0.25, -0.2) is 0 Å². The maximum absolute atomic E-state index is 8.38. The number of aliphatic hydroxyl groups excluding tert-OH is 1. The van der Waals surface area contributed by atoms with Gasteiger partial charge in [0, 0.05) is 27.1 Å². The Morgan fingerprint density at radius 1 is 1.60 bits per heavy atom. The molecule has 60 valence electrons. The predicted molar refractivity (Wildman–Crippen MR) is 43.9 cm³/mol. The summed E-state index contributed by atoms with van der Waals surface area (Å²) in [5.74, 6) is 0. The Labute approximate surface area is 66.6 Å². The van der Waals surface area contributed by atoms with Crippen LogP contribution in [0.15, 0.2) is 0 Å². The van der Waals surface area contributed by atoms with E-state index >= 15 is 0 Å². The maximum Gasteiger partial charge on any atom is 0.258 e. The highest BCUT2D eigenvalue weighted by atomic mass is 32.1. The monoisotopic (exact) mass is 163 g/mol. The minimum Gasteiger partial charge on any atom is -0.471 e. The number of thiocarbonyl (C=S) groups is 1. The lowest BCUT2D eigenvalue weighted by Gasteiger charge is -2.13. The molecule has 0 saturated heterocycles. The van der Waals surface area contributed by atoms with Gasteiger partial charge in [-0.1, -0.05) is 0 Å². The molecule has 0 aliphatic heterocycles. The molecule has 10 heavy (non-hydrogen) atoms. The van der Waals surface area contributed by atoms with Gasteiger partial charge in [-0.3, -0.25) is 0 Å². The second-order valence-electron chi connectivity index (χ2n) is 2.09. The van der Waals surface area contributed by atoms with Gasteiger partial charge >= 0.3 is 0 Å². The molecule has 0 bridgehead atoms. The number of rotatable bonds is 3. The van der Waals surface area contributed by atoms with Crippen LogP contribution in [0.1, 0.15) is 6.42 Å². The Bertz CT molecular complexity index is 106. The summed E-state index contributed by atoms with van der Waals surface area (Å²) in [6.07, 6.45) is 0.633. The molecule has 0 rings (SSSR count). The molecule has 3 nitrogen and oxygen atoms in total. The van der Waals surface area contributed by atoms with E-state index in [4.69, 9.17) is 22.1 Å². The van der Waals surface area contributed by atoms with E-state index in [1.54, 1.807) is 4.90 Å². The Hall–Kier alpha value is -0.350. The van der Waals surface area contributed by atoms with Crippen molar-refractivity contribution < 1.29 is 9.84 Å². The molecule has 0 fully saturated rings. The number of hydrogen-bond acceptors (Lipinski definition) is 3. The predicted octanol–water partition coefficient (Wildman–Crippen LogP) is 0.232. The molecule has 0 spiro atoms. The van der Waals surface area contributed by atoms with Crippen LogP contribution in [0.5, 0.6) is 0 Å². The van der Waals surface area contributed by atoms with Crippen molar-refractivity contribution in [3.63, 3.8) is 0 Å². The van der Waals surface area contributed by atoms with E-state index in [0.717, 1.165) is 0 Å². The third-order valence-electron chi connectivity index (χ3n) is 0.893. The van der Waals surface area contributed by atoms with Crippen LogP contribution >= 0.6 is 12.2 Å². The zero-order chi connectivity index (χ0) is 7.98. The number of aliphatic hydroxyl groups is 1. The maximum atomic E-state index is 8.38. The molecular formula is C6H13NO2S. The minimum atomic E-state index is 0.149. The quantitative estimate of drug-likeness (QED) is 0.477. The third kappa shape index (κ3) is 4.52. The van der Waals surface area contributed by atoms with Crippen molar-refractivity contribution in [3.8, 4) is 0 Å². The number of ether oxygens (including phenoxy) is 1. The molecule has 4 heteroatoms. The molecule has 0 amide bonds. The van der Waals surface area contributed by atoms with E-state index < -0.39 is 0 Å². The molecule has 0 aromatic rings. The van der Waals surface area contributed by atoms with Crippen LogP contribution in [-0.4, -0.2) is 42.5 Å². The fourth-order valence-electron chi connectivity index (χ4n) is 0.353. The Morgan fingerprint density at radius 3 is 2.60 bits per heavy atom. The van der Waals surface area contributed by atoms with Crippen LogP contribution in [0.25, 0.3) is 0 Å². The van der Waals surface area contributed by atoms with E-state index in [2.05, 4.69) is 0 Å². The molecule has 0 aliphatic rings. The third-order valence-corrected chi connectivity index (χ3v) is 1.38. The van der Waals surface area contributed by atoms with Crippen molar-refractivity contribution in [2.75, 3.05) is 27.3 Å². The summed E-state index contributed by atoms with van der Waals surface area (Å²) in [6.45, 7) is 0.642. The van der Waals surface area contributed by atoms with E-state index in [1.165, 1.54) is 0 Å². The fourth-order valence-corrected chi connectivity index (χ4v) is 0.436. The summed E-state index contributed by atoms with van der Waals surface area (Å²) in [6, 6.07) is 0. The number of hydrogen-bond donors (Lipinski definition) is 1. The number of nitrogens with zero attached hydrogens (tertiary/aromatic N) is 1. The van der Waals surface area contributed by atoms with E-state index in [-0.39, 0.29) is 6.61 Å². The average molecular weight is 163 g/mol. The summed E-state index contributed by atoms with van der Waals surface area (Å²) < 4.78 is 5.04. The lowest BCUT2D eigenvalue weighted by molar-refractivity contribution is 0.213. The second-order valence-corrected chi connectivity index (χ2v) is 2.44. The van der Waals surface area contributed by atoms with Gasteiger partial charge < -0.3 is 14.7 Å². The van der Waals surface area contributed by atoms with E-state index in [1.807, 2.05) is 14.1 Å². The fraction of sp³-hybridized carbons (Fsp3) is 0.833. The van der Waals surface area contributed by atoms with Crippen molar-refractivity contribution in [1.82, 2.24) is 4.90 Å². The Morgan fingerprint density at radius 2 is 2.20 bits per heavy atom. The standard InChI is InChI=1S/C6H13NO2S/c1-7(2)6(10)9-5-3-4-8/h8H,3-5H2,1-2H3. The minimum absolute atomic E-state index is 0.149. The topological polar surface area (TPSA) is 32.7 Å². The lowest BCUT2D eigenvalue weighted by Crippen LogP contribution is -2.22. The van der Waals surface area contributed by atoms with Gasteiger partial charge in [0.15, 0.2) is 0 Å². The van der Waals surface area contributed by atoms with Gasteiger partial charge in [-0.15, -0.1) is 0 Å². The van der Waals surface area contributed by atoms with Gasteiger partial charge in [0.05, 0.1) is 6.61 Å². The summed E-state index contributed by atoms with van der Waals surface area (Å²) >= 11 is 4.81. The zero-order valence-electron chi connectivity index (χ0n) is 6.33. The Balaban J connectivity index is 3.22. The first-order valence-corrected chi connectivity index (χ1v) is 3.54. The smallest absolute Gasteiger partial charge is 0.258 e. The summed E-state index contributed by atoms with van der Waals surface area (Å²) in [5, 5.41) is 8.85. The first-order chi connectivity index (χ1) is 4.68. The highest BCUT2D eigenvalue weighted by molar-refractivity contribution is 7.80. The molecule has 0 atom stereocenters. The van der Waals surface area contributed by atoms with Gasteiger partial charge in [0.2, 0.25) is 0 Å². The van der Waals surface area contributed by atoms with Crippen LogP contribution in [0, 0.1) is 0 Å². The van der Waals surface area contributed by atoms with E-state index in [0.29, 0.717) is 18.2 Å². The largest absolute Gasteiger partial charge is 0.471 e. The first-order valence-electron chi connectivity index (χ1n) is 3.13. The van der Waals surface area contributed by atoms with Crippen LogP contribution in [0.2, 0.25) is 0 Å². The summed E-state index contributed by atoms with van der Waals surface area (Å²) in [7, 11) is 3.64. The molecule has 0 aliphatic carbocycles. The van der Waals surface area contributed by atoms with Gasteiger partial charge in [-0.2, -0.15) is 0 Å². The highest BCUT2D eigenvalue weighted by Crippen LogP contribution is 1.88. The second kappa shape index (κ2) is 5.44. The van der Waals surface area contributed by atoms with Crippen molar-refractivity contribution in [3.05, 3.63) is 0 Å². The van der Waals surface area contributed by atoms with Crippen LogP contribution in [0.4, 0.5) is 0 Å². The highest BCUT2D eigenvalue weighted by Gasteiger charge is 1.96. The summed E-state index contributed by atoms with van der Waals surface area (Å²) in [5.41, 5.74) is 0. The van der Waals surface area contributed by atoms with Crippen LogP contribution in [0.3, 0.4) is 0 Å². The molecule has 0 aromatic heterocycles. The molecule has 0 heterocycles. The summed E-state index contributed by atoms with van der Waals surface area (Å²) in [4.78, 5) is 1.71. The SMILES string of the molecule is CN(C)C(=S)OCCCO. The molecular weight excluding hydrogens is 150 g/mol. The van der Waals surface area contributed by atoms with Crippen LogP contribution < -0.4 is 0 Å². The van der Waals surface area contributed by atoms with E-state index in [9.17, 15) is 0 Å². The van der Waals surface area contributed by atoms with Crippen molar-refractivity contribution >= 4 is 17.4 Å². The van der Waals surface area contributed by atoms with Gasteiger partial charge in [-0.05, 0) is 12.2 Å². The van der Waals surface area contributed by atoms with Crippen molar-refractivity contribution in [2.24, 2.45) is 0 Å². The first kappa shape index (κ1) is 9.65. The normalized spacial score (nSPS) is 9.10. The van der Waals surface area contributed by atoms with Gasteiger partial charge in [0.1, 0.15) is 0 Å². The zero-order valence-corrected chi connectivity index (χ0v) is 7.15. The molecule has 0 saturated carbocycles. The molecule has 1 N–H and O–H groups in total. The van der Waals surface area contributed by atoms with Gasteiger partial charge in [0.25, 0.3) is 5.17 Å². The Kier molecular flexibility index (Phi) is 5.25. The molecule has 0 aromatic carbocycles.